The highest BCUT2D eigenvalue weighted by Gasteiger charge is 2.43. The van der Waals surface area contributed by atoms with Gasteiger partial charge in [0.25, 0.3) is 5.91 Å². The lowest BCUT2D eigenvalue weighted by Crippen LogP contribution is -2.44. The quantitative estimate of drug-likeness (QED) is 0.195. The zero-order chi connectivity index (χ0) is 37.6. The summed E-state index contributed by atoms with van der Waals surface area (Å²) in [6, 6.07) is 8.56. The minimum absolute atomic E-state index is 0.0186. The number of hydrogen-bond acceptors (Lipinski definition) is 7. The van der Waals surface area contributed by atoms with Crippen molar-refractivity contribution in [1.29, 1.82) is 5.26 Å². The van der Waals surface area contributed by atoms with E-state index in [2.05, 4.69) is 79.5 Å². The summed E-state index contributed by atoms with van der Waals surface area (Å²) < 4.78 is 0. The smallest absolute Gasteiger partial charge is 0.253 e. The number of allylic oxidation sites excluding steroid dienone is 6. The molecular formula is C41H60N8O2. The van der Waals surface area contributed by atoms with E-state index in [0.717, 1.165) is 67.7 Å². The van der Waals surface area contributed by atoms with Gasteiger partial charge in [-0.25, -0.2) is 4.98 Å². The Kier molecular flexibility index (Phi) is 15.9. The molecule has 1 saturated carbocycles. The summed E-state index contributed by atoms with van der Waals surface area (Å²) in [6.07, 6.45) is 17.1. The van der Waals surface area contributed by atoms with Crippen LogP contribution in [-0.4, -0.2) is 83.6 Å². The highest BCUT2D eigenvalue weighted by Crippen LogP contribution is 2.44. The van der Waals surface area contributed by atoms with Crippen molar-refractivity contribution in [2.75, 3.05) is 34.7 Å². The average Bonchev–Trinajstić information content (AvgIpc) is 3.73. The van der Waals surface area contributed by atoms with Crippen LogP contribution in [0.2, 0.25) is 0 Å². The van der Waals surface area contributed by atoms with Crippen LogP contribution < -0.4 is 10.6 Å². The van der Waals surface area contributed by atoms with Gasteiger partial charge in [-0.15, -0.1) is 0 Å². The fraction of sp³-hybridized carbons (Fsp3) is 0.537. The number of benzene rings is 1. The molecule has 0 spiro atoms. The van der Waals surface area contributed by atoms with E-state index >= 15 is 0 Å². The van der Waals surface area contributed by atoms with E-state index in [-0.39, 0.29) is 30.4 Å². The second-order valence-electron chi connectivity index (χ2n) is 14.0. The second-order valence-corrected chi connectivity index (χ2v) is 14.0. The normalized spacial score (nSPS) is 22.0. The molecule has 2 amide bonds. The van der Waals surface area contributed by atoms with Crippen molar-refractivity contribution in [1.82, 2.24) is 35.6 Å². The van der Waals surface area contributed by atoms with Crippen LogP contribution in [0.3, 0.4) is 0 Å². The van der Waals surface area contributed by atoms with E-state index in [1.165, 1.54) is 11.1 Å². The lowest BCUT2D eigenvalue weighted by atomic mass is 9.69. The van der Waals surface area contributed by atoms with Crippen molar-refractivity contribution in [3.8, 4) is 6.07 Å². The van der Waals surface area contributed by atoms with Crippen molar-refractivity contribution in [3.63, 3.8) is 0 Å². The third-order valence-electron chi connectivity index (χ3n) is 10.2. The largest absolute Gasteiger partial charge is 0.394 e. The van der Waals surface area contributed by atoms with Crippen LogP contribution in [0.15, 0.2) is 66.4 Å². The monoisotopic (exact) mass is 696 g/mol. The molecule has 1 aromatic heterocycles. The number of amides is 2. The molecule has 2 aliphatic rings. The molecule has 4 rings (SSSR count). The van der Waals surface area contributed by atoms with Crippen LogP contribution >= 0.6 is 0 Å². The van der Waals surface area contributed by atoms with Gasteiger partial charge in [0, 0.05) is 58.7 Å². The van der Waals surface area contributed by atoms with Crippen molar-refractivity contribution in [2.24, 2.45) is 5.92 Å². The Bertz CT molecular complexity index is 1610. The number of rotatable bonds is 14. The van der Waals surface area contributed by atoms with E-state index in [0.29, 0.717) is 24.3 Å². The van der Waals surface area contributed by atoms with Gasteiger partial charge in [-0.3, -0.25) is 14.7 Å². The highest BCUT2D eigenvalue weighted by molar-refractivity contribution is 5.94. The molecule has 3 unspecified atom stereocenters. The van der Waals surface area contributed by atoms with E-state index in [1.807, 2.05) is 38.1 Å². The molecule has 1 heterocycles. The number of nitriles is 1. The maximum absolute atomic E-state index is 13.3. The first-order valence-corrected chi connectivity index (χ1v) is 18.3. The standard InChI is InChI=1S/C38H53N7O2.C3H7N/c1-8-10-11-13-28-19-20-38(37-41-34(9-2)42-43-37,24-27(4)40-25-35(46)45(7)33-23-30(33)14-12-21-39)32-18-17-31(36(47)44(5)6)22-29(32)16-15-26(28)3;1-3-4-2/h8,10-11,13,17-18,22,27,30,33,40H,9,12,14-16,19-20,23-25H2,1-7H3,(H,41,42,43);3-4H,1H2,2H3/b10-8-,13-11-,28-26-;/t27-,30?,33?,38?;/m1./s1. The molecule has 276 valence electrons. The summed E-state index contributed by atoms with van der Waals surface area (Å²) in [5, 5.41) is 23.2. The van der Waals surface area contributed by atoms with Crippen LogP contribution in [0.5, 0.6) is 0 Å². The minimum Gasteiger partial charge on any atom is -0.394 e. The molecule has 0 bridgehead atoms. The lowest BCUT2D eigenvalue weighted by Gasteiger charge is -2.36. The first-order valence-electron chi connectivity index (χ1n) is 18.3. The fourth-order valence-corrected chi connectivity index (χ4v) is 6.98. The Morgan fingerprint density at radius 3 is 2.59 bits per heavy atom. The third-order valence-corrected chi connectivity index (χ3v) is 10.2. The molecule has 3 N–H and O–H groups in total. The van der Waals surface area contributed by atoms with Crippen LogP contribution in [0.25, 0.3) is 0 Å². The number of H-pyrrole nitrogens is 1. The Morgan fingerprint density at radius 2 is 1.96 bits per heavy atom. The van der Waals surface area contributed by atoms with Gasteiger partial charge in [-0.2, -0.15) is 10.4 Å². The minimum atomic E-state index is -0.566. The molecule has 4 atom stereocenters. The molecular weight excluding hydrogens is 637 g/mol. The molecule has 10 heteroatoms. The number of nitrogens with one attached hydrogen (secondary N) is 3. The summed E-state index contributed by atoms with van der Waals surface area (Å²) >= 11 is 0. The van der Waals surface area contributed by atoms with Gasteiger partial charge in [0.15, 0.2) is 5.82 Å². The zero-order valence-electron chi connectivity index (χ0n) is 32.2. The SMILES string of the molecule is C=CNC.C\C=C/C=C\C1=C(/C)CCc2cc(C(=O)N(C)C)ccc2C(C[C@@H](C)NCC(=O)N(C)C2CC2CCC#N)(c2n[nH]c(CC)n2)CC1. The maximum atomic E-state index is 13.3. The Hall–Kier alpha value is -4.49. The molecule has 2 aromatic rings. The van der Waals surface area contributed by atoms with Crippen LogP contribution in [-0.2, 0) is 23.1 Å². The molecule has 2 aliphatic carbocycles. The Morgan fingerprint density at radius 1 is 1.22 bits per heavy atom. The Balaban J connectivity index is 0.00000166. The number of aromatic nitrogens is 3. The van der Waals surface area contributed by atoms with Gasteiger partial charge in [0.1, 0.15) is 5.82 Å². The number of aryl methyl sites for hydroxylation is 2. The molecule has 10 nitrogen and oxygen atoms in total. The van der Waals surface area contributed by atoms with Gasteiger partial charge in [0.05, 0.1) is 18.0 Å². The summed E-state index contributed by atoms with van der Waals surface area (Å²) in [6.45, 7) is 12.1. The first-order chi connectivity index (χ1) is 24.5. The van der Waals surface area contributed by atoms with Gasteiger partial charge in [0.2, 0.25) is 5.91 Å². The number of aromatic amines is 1. The van der Waals surface area contributed by atoms with E-state index < -0.39 is 5.41 Å². The molecule has 1 fully saturated rings. The van der Waals surface area contributed by atoms with E-state index in [9.17, 15) is 9.59 Å². The van der Waals surface area contributed by atoms with Gasteiger partial charge >= 0.3 is 0 Å². The maximum Gasteiger partial charge on any atom is 0.253 e. The average molecular weight is 697 g/mol. The number of likely N-dealkylation sites (N-methyl/N-ethyl adjacent to an activating group) is 1. The fourth-order valence-electron chi connectivity index (χ4n) is 6.98. The molecule has 0 saturated heterocycles. The predicted octanol–water partition coefficient (Wildman–Crippen LogP) is 6.40. The second kappa shape index (κ2) is 19.8. The number of hydrogen-bond donors (Lipinski definition) is 3. The van der Waals surface area contributed by atoms with Gasteiger partial charge in [-0.05, 0) is 107 Å². The third kappa shape index (κ3) is 11.0. The number of carbonyl (C=O) groups is 2. The number of nitrogens with zero attached hydrogens (tertiary/aromatic N) is 5. The predicted molar refractivity (Wildman–Crippen MR) is 206 cm³/mol. The summed E-state index contributed by atoms with van der Waals surface area (Å²) in [5.41, 5.74) is 5.05. The summed E-state index contributed by atoms with van der Waals surface area (Å²) in [7, 11) is 7.26. The van der Waals surface area contributed by atoms with Crippen molar-refractivity contribution >= 4 is 11.8 Å². The van der Waals surface area contributed by atoms with Crippen molar-refractivity contribution < 1.29 is 9.59 Å². The van der Waals surface area contributed by atoms with Crippen molar-refractivity contribution in [2.45, 2.75) is 103 Å². The molecule has 0 radical (unpaired) electrons. The molecule has 1 aromatic carbocycles. The van der Waals surface area contributed by atoms with Gasteiger partial charge < -0.3 is 20.4 Å². The molecule has 0 aliphatic heterocycles. The Labute approximate surface area is 306 Å². The van der Waals surface area contributed by atoms with Crippen molar-refractivity contribution in [3.05, 3.63) is 94.8 Å². The molecule has 51 heavy (non-hydrogen) atoms. The highest BCUT2D eigenvalue weighted by atomic mass is 16.2. The summed E-state index contributed by atoms with van der Waals surface area (Å²) in [4.78, 5) is 34.9. The van der Waals surface area contributed by atoms with Crippen LogP contribution in [0.4, 0.5) is 0 Å². The number of fused-ring (bicyclic) bond motifs is 1. The topological polar surface area (TPSA) is 130 Å². The lowest BCUT2D eigenvalue weighted by molar-refractivity contribution is -0.129. The van der Waals surface area contributed by atoms with E-state index in [4.69, 9.17) is 15.3 Å². The van der Waals surface area contributed by atoms with Gasteiger partial charge in [-0.1, -0.05) is 49.4 Å². The zero-order valence-corrected chi connectivity index (χ0v) is 32.2. The van der Waals surface area contributed by atoms with Crippen LogP contribution in [0, 0.1) is 17.2 Å². The van der Waals surface area contributed by atoms with Crippen LogP contribution in [0.1, 0.15) is 106 Å². The van der Waals surface area contributed by atoms with E-state index in [1.54, 1.807) is 25.2 Å². The summed E-state index contributed by atoms with van der Waals surface area (Å²) in [5.74, 6) is 2.07. The first kappa shape index (κ1) is 40.9. The number of carbonyl (C=O) groups excluding carboxylic acids is 2.